The first kappa shape index (κ1) is 16.5. The van der Waals surface area contributed by atoms with Crippen molar-refractivity contribution in [1.29, 1.82) is 0 Å². The van der Waals surface area contributed by atoms with Gasteiger partial charge in [0.2, 0.25) is 5.91 Å². The maximum atomic E-state index is 12.4. The van der Waals surface area contributed by atoms with Crippen molar-refractivity contribution in [3.05, 3.63) is 30.1 Å². The second kappa shape index (κ2) is 7.47. The summed E-state index contributed by atoms with van der Waals surface area (Å²) in [6, 6.07) is 7.84. The van der Waals surface area contributed by atoms with E-state index in [2.05, 4.69) is 9.97 Å². The summed E-state index contributed by atoms with van der Waals surface area (Å²) in [7, 11) is 0. The normalized spacial score (nSPS) is 18.0. The fourth-order valence-corrected chi connectivity index (χ4v) is 3.36. The number of nitrogens with one attached hydrogen (secondary N) is 1. The zero-order chi connectivity index (χ0) is 16.9. The number of aryl methyl sites for hydroxylation is 1. The lowest BCUT2D eigenvalue weighted by molar-refractivity contribution is -0.137. The van der Waals surface area contributed by atoms with Crippen molar-refractivity contribution < 1.29 is 14.7 Å². The van der Waals surface area contributed by atoms with Gasteiger partial charge < -0.3 is 15.0 Å². The third-order valence-corrected chi connectivity index (χ3v) is 4.65. The first-order valence-corrected chi connectivity index (χ1v) is 8.55. The Labute approximate surface area is 140 Å². The molecule has 0 saturated carbocycles. The molecular formula is C18H23N3O3. The smallest absolute Gasteiger partial charge is 0.303 e. The summed E-state index contributed by atoms with van der Waals surface area (Å²) in [5.41, 5.74) is 1.92. The molecule has 6 heteroatoms. The summed E-state index contributed by atoms with van der Waals surface area (Å²) in [6.07, 6.45) is 3.85. The molecule has 2 heterocycles. The quantitative estimate of drug-likeness (QED) is 0.853. The van der Waals surface area contributed by atoms with Gasteiger partial charge in [-0.3, -0.25) is 9.59 Å². The maximum Gasteiger partial charge on any atom is 0.303 e. The van der Waals surface area contributed by atoms with E-state index in [1.54, 1.807) is 0 Å². The molecule has 3 rings (SSSR count). The molecule has 1 amide bonds. The number of imidazole rings is 1. The number of rotatable bonds is 6. The van der Waals surface area contributed by atoms with Gasteiger partial charge in [0.15, 0.2) is 0 Å². The summed E-state index contributed by atoms with van der Waals surface area (Å²) >= 11 is 0. The summed E-state index contributed by atoms with van der Waals surface area (Å²) in [6.45, 7) is 1.47. The van der Waals surface area contributed by atoms with Gasteiger partial charge in [0, 0.05) is 32.4 Å². The number of piperidine rings is 1. The minimum atomic E-state index is -0.761. The van der Waals surface area contributed by atoms with Crippen LogP contribution in [0.2, 0.25) is 0 Å². The molecule has 1 unspecified atom stereocenters. The van der Waals surface area contributed by atoms with E-state index < -0.39 is 5.97 Å². The van der Waals surface area contributed by atoms with Crippen LogP contribution in [0.25, 0.3) is 11.0 Å². The van der Waals surface area contributed by atoms with Crippen LogP contribution in [-0.2, 0) is 16.0 Å². The van der Waals surface area contributed by atoms with Gasteiger partial charge in [-0.2, -0.15) is 0 Å². The highest BCUT2D eigenvalue weighted by Crippen LogP contribution is 2.22. The van der Waals surface area contributed by atoms with E-state index in [1.807, 2.05) is 29.2 Å². The highest BCUT2D eigenvalue weighted by molar-refractivity contribution is 5.77. The molecule has 0 spiro atoms. The number of aromatic amines is 1. The van der Waals surface area contributed by atoms with Crippen LogP contribution >= 0.6 is 0 Å². The minimum Gasteiger partial charge on any atom is -0.481 e. The largest absolute Gasteiger partial charge is 0.481 e. The van der Waals surface area contributed by atoms with Gasteiger partial charge >= 0.3 is 5.97 Å². The standard InChI is InChI=1S/C18H23N3O3/c22-17(21-11-3-4-13(12-21)7-10-18(23)24)9-8-16-19-14-5-1-2-6-15(14)20-16/h1-2,5-6,13H,3-4,7-12H2,(H,19,20)(H,23,24). The summed E-state index contributed by atoms with van der Waals surface area (Å²) in [4.78, 5) is 32.8. The molecule has 1 saturated heterocycles. The number of benzene rings is 1. The molecule has 1 atom stereocenters. The first-order chi connectivity index (χ1) is 11.6. The topological polar surface area (TPSA) is 86.3 Å². The number of fused-ring (bicyclic) bond motifs is 1. The van der Waals surface area contributed by atoms with Crippen LogP contribution in [0.5, 0.6) is 0 Å². The van der Waals surface area contributed by atoms with Crippen LogP contribution in [0.15, 0.2) is 24.3 Å². The van der Waals surface area contributed by atoms with Crippen LogP contribution in [-0.4, -0.2) is 44.9 Å². The van der Waals surface area contributed by atoms with Crippen molar-refractivity contribution in [3.8, 4) is 0 Å². The lowest BCUT2D eigenvalue weighted by Gasteiger charge is -2.32. The zero-order valence-electron chi connectivity index (χ0n) is 13.7. The van der Waals surface area contributed by atoms with Crippen molar-refractivity contribution in [3.63, 3.8) is 0 Å². The van der Waals surface area contributed by atoms with E-state index >= 15 is 0 Å². The van der Waals surface area contributed by atoms with Crippen LogP contribution in [0.3, 0.4) is 0 Å². The number of carbonyl (C=O) groups is 2. The molecule has 128 valence electrons. The number of likely N-dealkylation sites (tertiary alicyclic amines) is 1. The Kier molecular flexibility index (Phi) is 5.13. The van der Waals surface area contributed by atoms with Crippen LogP contribution in [0.1, 0.15) is 37.9 Å². The number of aromatic nitrogens is 2. The Balaban J connectivity index is 1.51. The van der Waals surface area contributed by atoms with Crippen molar-refractivity contribution in [2.24, 2.45) is 5.92 Å². The molecule has 2 N–H and O–H groups in total. The predicted octanol–water partition coefficient (Wildman–Crippen LogP) is 2.60. The lowest BCUT2D eigenvalue weighted by atomic mass is 9.93. The zero-order valence-corrected chi connectivity index (χ0v) is 13.7. The molecule has 0 aliphatic carbocycles. The fraction of sp³-hybridized carbons (Fsp3) is 0.500. The third-order valence-electron chi connectivity index (χ3n) is 4.65. The first-order valence-electron chi connectivity index (χ1n) is 8.55. The number of H-pyrrole nitrogens is 1. The molecule has 1 aromatic carbocycles. The number of hydrogen-bond donors (Lipinski definition) is 2. The third kappa shape index (κ3) is 4.13. The molecule has 1 aliphatic rings. The van der Waals surface area contributed by atoms with E-state index in [1.165, 1.54) is 0 Å². The molecular weight excluding hydrogens is 306 g/mol. The van der Waals surface area contributed by atoms with Crippen LogP contribution in [0, 0.1) is 5.92 Å². The number of aliphatic carboxylic acids is 1. The molecule has 0 radical (unpaired) electrons. The molecule has 6 nitrogen and oxygen atoms in total. The van der Waals surface area contributed by atoms with E-state index in [4.69, 9.17) is 5.11 Å². The maximum absolute atomic E-state index is 12.4. The number of amides is 1. The van der Waals surface area contributed by atoms with Crippen molar-refractivity contribution >= 4 is 22.9 Å². The highest BCUT2D eigenvalue weighted by Gasteiger charge is 2.24. The minimum absolute atomic E-state index is 0.135. The van der Waals surface area contributed by atoms with Crippen molar-refractivity contribution in [2.45, 2.75) is 38.5 Å². The van der Waals surface area contributed by atoms with E-state index in [9.17, 15) is 9.59 Å². The molecule has 0 bridgehead atoms. The van der Waals surface area contributed by atoms with E-state index in [-0.39, 0.29) is 12.3 Å². The molecule has 2 aromatic rings. The number of para-hydroxylation sites is 2. The Morgan fingerprint density at radius 2 is 2.12 bits per heavy atom. The highest BCUT2D eigenvalue weighted by atomic mass is 16.4. The molecule has 1 aromatic heterocycles. The Morgan fingerprint density at radius 3 is 2.92 bits per heavy atom. The van der Waals surface area contributed by atoms with E-state index in [0.717, 1.165) is 36.2 Å². The second-order valence-electron chi connectivity index (χ2n) is 6.48. The number of carbonyl (C=O) groups excluding carboxylic acids is 1. The van der Waals surface area contributed by atoms with Crippen molar-refractivity contribution in [1.82, 2.24) is 14.9 Å². The number of nitrogens with zero attached hydrogens (tertiary/aromatic N) is 2. The van der Waals surface area contributed by atoms with Gasteiger partial charge in [0.1, 0.15) is 5.82 Å². The lowest BCUT2D eigenvalue weighted by Crippen LogP contribution is -2.40. The molecule has 1 aliphatic heterocycles. The number of carboxylic acids is 1. The summed E-state index contributed by atoms with van der Waals surface area (Å²) < 4.78 is 0. The van der Waals surface area contributed by atoms with Gasteiger partial charge in [-0.05, 0) is 37.3 Å². The Hall–Kier alpha value is -2.37. The van der Waals surface area contributed by atoms with Gasteiger partial charge in [0.05, 0.1) is 11.0 Å². The fourth-order valence-electron chi connectivity index (χ4n) is 3.36. The number of hydrogen-bond acceptors (Lipinski definition) is 3. The molecule has 24 heavy (non-hydrogen) atoms. The Morgan fingerprint density at radius 1 is 1.29 bits per heavy atom. The SMILES string of the molecule is O=C(O)CCC1CCCN(C(=O)CCc2nc3ccccc3[nH]2)C1. The predicted molar refractivity (Wildman–Crippen MR) is 90.6 cm³/mol. The summed E-state index contributed by atoms with van der Waals surface area (Å²) in [5.74, 6) is 0.521. The van der Waals surface area contributed by atoms with Crippen LogP contribution < -0.4 is 0 Å². The van der Waals surface area contributed by atoms with Gasteiger partial charge in [-0.1, -0.05) is 12.1 Å². The monoisotopic (exact) mass is 329 g/mol. The van der Waals surface area contributed by atoms with Gasteiger partial charge in [-0.15, -0.1) is 0 Å². The average molecular weight is 329 g/mol. The van der Waals surface area contributed by atoms with Crippen LogP contribution in [0.4, 0.5) is 0 Å². The van der Waals surface area contributed by atoms with Gasteiger partial charge in [0.25, 0.3) is 0 Å². The average Bonchev–Trinajstić information content (AvgIpc) is 3.01. The number of carboxylic acid groups (broad SMARTS) is 1. The molecule has 1 fully saturated rings. The van der Waals surface area contributed by atoms with E-state index in [0.29, 0.717) is 31.7 Å². The Bertz CT molecular complexity index is 692. The second-order valence-corrected chi connectivity index (χ2v) is 6.48. The van der Waals surface area contributed by atoms with Crippen molar-refractivity contribution in [2.75, 3.05) is 13.1 Å². The van der Waals surface area contributed by atoms with Gasteiger partial charge in [-0.25, -0.2) is 4.98 Å². The summed E-state index contributed by atoms with van der Waals surface area (Å²) in [5, 5.41) is 8.80.